The molecule has 0 aromatic rings. The monoisotopic (exact) mass is 146 g/mol. The lowest BCUT2D eigenvalue weighted by molar-refractivity contribution is 0.380. The molecule has 3 heteroatoms. The molecule has 0 aromatic carbocycles. The second-order valence-electron chi connectivity index (χ2n) is 1.96. The lowest BCUT2D eigenvalue weighted by Gasteiger charge is -1.97. The Morgan fingerprint density at radius 2 is 2.22 bits per heavy atom. The second kappa shape index (κ2) is 8.37. The normalized spacial score (nSPS) is 9.89. The molecule has 1 nitrogen and oxygen atoms in total. The Hall–Kier alpha value is 0.375. The summed E-state index contributed by atoms with van der Waals surface area (Å²) in [5.74, 6) is 2.44. The molecule has 0 aromatic heterocycles. The number of hydrogen-bond donors (Lipinski definition) is 0. The van der Waals surface area contributed by atoms with Crippen LogP contribution in [0.3, 0.4) is 0 Å². The van der Waals surface area contributed by atoms with E-state index in [1.807, 2.05) is 11.8 Å². The fraction of sp³-hybridized carbons (Fsp3) is 1.00. The summed E-state index contributed by atoms with van der Waals surface area (Å²) >= 11 is 1.98. The number of hydrogen-bond acceptors (Lipinski definition) is 2. The topological polar surface area (TPSA) is 9.23 Å². The van der Waals surface area contributed by atoms with Crippen LogP contribution >= 0.6 is 11.8 Å². The molecule has 0 unspecified atom stereocenters. The summed E-state index contributed by atoms with van der Waals surface area (Å²) in [5, 5.41) is 0. The van der Waals surface area contributed by atoms with Crippen LogP contribution in [0.4, 0.5) is 0 Å². The molecule has 0 heterocycles. The van der Waals surface area contributed by atoms with Crippen molar-refractivity contribution in [2.45, 2.75) is 19.8 Å². The molecule has 0 saturated carbocycles. The Labute approximate surface area is 63.0 Å². The molecule has 0 fully saturated rings. The average Bonchev–Trinajstić information content (AvgIpc) is 1.89. The van der Waals surface area contributed by atoms with Gasteiger partial charge in [-0.15, -0.1) is 0 Å². The van der Waals surface area contributed by atoms with Crippen LogP contribution in [-0.4, -0.2) is 26.2 Å². The molecular formula is C6H15BOS. The Morgan fingerprint density at radius 3 is 2.78 bits per heavy atom. The summed E-state index contributed by atoms with van der Waals surface area (Å²) in [6.45, 7) is 3.12. The van der Waals surface area contributed by atoms with Crippen LogP contribution in [0.1, 0.15) is 19.8 Å². The Morgan fingerprint density at radius 1 is 1.44 bits per heavy atom. The Bertz CT molecular complexity index is 46.3. The van der Waals surface area contributed by atoms with Gasteiger partial charge >= 0.3 is 0 Å². The summed E-state index contributed by atoms with van der Waals surface area (Å²) in [5.41, 5.74) is 0. The molecule has 0 N–H and O–H groups in total. The van der Waals surface area contributed by atoms with E-state index in [0.717, 1.165) is 12.4 Å². The zero-order valence-corrected chi connectivity index (χ0v) is 7.17. The van der Waals surface area contributed by atoms with Gasteiger partial charge in [0.2, 0.25) is 0 Å². The Kier molecular flexibility index (Phi) is 8.72. The van der Waals surface area contributed by atoms with Gasteiger partial charge in [-0.05, 0) is 12.2 Å². The highest BCUT2D eigenvalue weighted by molar-refractivity contribution is 7.99. The highest BCUT2D eigenvalue weighted by Crippen LogP contribution is 2.02. The molecule has 0 aliphatic heterocycles. The second-order valence-corrected chi connectivity index (χ2v) is 3.18. The van der Waals surface area contributed by atoms with Gasteiger partial charge in [-0.1, -0.05) is 13.3 Å². The van der Waals surface area contributed by atoms with Crippen LogP contribution in [0, 0.1) is 0 Å². The van der Waals surface area contributed by atoms with E-state index in [1.54, 1.807) is 8.05 Å². The van der Waals surface area contributed by atoms with Crippen LogP contribution in [0.25, 0.3) is 0 Å². The first-order valence-corrected chi connectivity index (χ1v) is 4.64. The van der Waals surface area contributed by atoms with Crippen molar-refractivity contribution in [3.63, 3.8) is 0 Å². The molecule has 9 heavy (non-hydrogen) atoms. The molecule has 0 bridgehead atoms. The first kappa shape index (κ1) is 9.37. The van der Waals surface area contributed by atoms with E-state index in [9.17, 15) is 0 Å². The molecule has 0 radical (unpaired) electrons. The molecule has 0 saturated heterocycles. The predicted molar refractivity (Wildman–Crippen MR) is 46.7 cm³/mol. The third-order valence-electron chi connectivity index (χ3n) is 1.07. The van der Waals surface area contributed by atoms with E-state index in [0.29, 0.717) is 0 Å². The lowest BCUT2D eigenvalue weighted by Crippen LogP contribution is -1.93. The summed E-state index contributed by atoms with van der Waals surface area (Å²) in [4.78, 5) is 0. The minimum Gasteiger partial charge on any atom is -0.443 e. The summed E-state index contributed by atoms with van der Waals surface area (Å²) in [6, 6.07) is 0. The maximum absolute atomic E-state index is 4.90. The standard InChI is InChI=1S/C6H15BOS/c1-2-3-5-9-6-4-8-7/h2-7H2,1H3. The largest absolute Gasteiger partial charge is 0.443 e. The van der Waals surface area contributed by atoms with Crippen molar-refractivity contribution in [1.82, 2.24) is 0 Å². The van der Waals surface area contributed by atoms with Crippen LogP contribution in [0.15, 0.2) is 0 Å². The molecule has 0 rings (SSSR count). The molecular weight excluding hydrogens is 131 g/mol. The molecule has 0 aliphatic rings. The highest BCUT2D eigenvalue weighted by atomic mass is 32.2. The third-order valence-corrected chi connectivity index (χ3v) is 2.11. The van der Waals surface area contributed by atoms with Gasteiger partial charge in [0.15, 0.2) is 0 Å². The quantitative estimate of drug-likeness (QED) is 0.409. The van der Waals surface area contributed by atoms with Crippen LogP contribution in [0.2, 0.25) is 0 Å². The first-order valence-electron chi connectivity index (χ1n) is 3.48. The molecule has 0 amide bonds. The summed E-state index contributed by atoms with van der Waals surface area (Å²) in [6.07, 6.45) is 2.65. The van der Waals surface area contributed by atoms with E-state index in [-0.39, 0.29) is 0 Å². The van der Waals surface area contributed by atoms with Crippen LogP contribution < -0.4 is 0 Å². The van der Waals surface area contributed by atoms with E-state index >= 15 is 0 Å². The minimum atomic E-state index is 0.897. The van der Waals surface area contributed by atoms with Gasteiger partial charge in [0.25, 0.3) is 8.05 Å². The van der Waals surface area contributed by atoms with E-state index in [4.69, 9.17) is 4.65 Å². The highest BCUT2D eigenvalue weighted by Gasteiger charge is 1.85. The smallest absolute Gasteiger partial charge is 0.257 e. The van der Waals surface area contributed by atoms with Gasteiger partial charge in [-0.25, -0.2) is 0 Å². The van der Waals surface area contributed by atoms with Crippen molar-refractivity contribution in [2.24, 2.45) is 0 Å². The summed E-state index contributed by atoms with van der Waals surface area (Å²) in [7, 11) is 1.75. The third kappa shape index (κ3) is 8.37. The van der Waals surface area contributed by atoms with Crippen molar-refractivity contribution >= 4 is 19.8 Å². The minimum absolute atomic E-state index is 0.897. The van der Waals surface area contributed by atoms with Crippen molar-refractivity contribution in [2.75, 3.05) is 18.1 Å². The van der Waals surface area contributed by atoms with Crippen LogP contribution in [0.5, 0.6) is 0 Å². The fourth-order valence-corrected chi connectivity index (χ4v) is 1.47. The van der Waals surface area contributed by atoms with E-state index in [1.165, 1.54) is 18.6 Å². The summed E-state index contributed by atoms with van der Waals surface area (Å²) < 4.78 is 4.90. The van der Waals surface area contributed by atoms with Crippen molar-refractivity contribution in [3.8, 4) is 0 Å². The average molecular weight is 146 g/mol. The van der Waals surface area contributed by atoms with Gasteiger partial charge in [-0.3, -0.25) is 0 Å². The SMILES string of the molecule is BOCCSCCCC. The van der Waals surface area contributed by atoms with E-state index < -0.39 is 0 Å². The molecule has 54 valence electrons. The van der Waals surface area contributed by atoms with Crippen molar-refractivity contribution < 1.29 is 4.65 Å². The molecule has 0 spiro atoms. The van der Waals surface area contributed by atoms with Gasteiger partial charge in [-0.2, -0.15) is 11.8 Å². The van der Waals surface area contributed by atoms with Gasteiger partial charge < -0.3 is 4.65 Å². The fourth-order valence-electron chi connectivity index (χ4n) is 0.491. The number of unbranched alkanes of at least 4 members (excludes halogenated alkanes) is 1. The van der Waals surface area contributed by atoms with Gasteiger partial charge in [0, 0.05) is 12.4 Å². The maximum Gasteiger partial charge on any atom is 0.257 e. The first-order chi connectivity index (χ1) is 4.41. The van der Waals surface area contributed by atoms with Crippen LogP contribution in [-0.2, 0) is 4.65 Å². The molecule has 0 atom stereocenters. The zero-order valence-electron chi connectivity index (χ0n) is 6.35. The zero-order chi connectivity index (χ0) is 6.95. The lowest BCUT2D eigenvalue weighted by atomic mass is 10.4. The van der Waals surface area contributed by atoms with Gasteiger partial charge in [0.05, 0.1) is 0 Å². The van der Waals surface area contributed by atoms with Crippen molar-refractivity contribution in [3.05, 3.63) is 0 Å². The number of rotatable bonds is 6. The van der Waals surface area contributed by atoms with E-state index in [2.05, 4.69) is 6.92 Å². The van der Waals surface area contributed by atoms with Crippen molar-refractivity contribution in [1.29, 1.82) is 0 Å². The molecule has 0 aliphatic carbocycles. The number of thioether (sulfide) groups is 1. The maximum atomic E-state index is 4.90. The Balaban J connectivity index is 2.60. The predicted octanol–water partition coefficient (Wildman–Crippen LogP) is 1.08. The van der Waals surface area contributed by atoms with Gasteiger partial charge in [0.1, 0.15) is 0 Å².